The number of hydrogen-bond acceptors (Lipinski definition) is 3. The second-order valence-corrected chi connectivity index (χ2v) is 5.47. The van der Waals surface area contributed by atoms with Gasteiger partial charge in [-0.3, -0.25) is 10.1 Å². The predicted molar refractivity (Wildman–Crippen MR) is 82.7 cm³/mol. The molecule has 0 aliphatic carbocycles. The van der Waals surface area contributed by atoms with E-state index in [0.29, 0.717) is 4.47 Å². The Morgan fingerprint density at radius 2 is 1.89 bits per heavy atom. The zero-order valence-electron chi connectivity index (χ0n) is 11.3. The minimum Gasteiger partial charge on any atom is -0.385 e. The molecule has 4 nitrogen and oxygen atoms in total. The van der Waals surface area contributed by atoms with Gasteiger partial charge in [-0.1, -0.05) is 39.0 Å². The van der Waals surface area contributed by atoms with Gasteiger partial charge in [0.2, 0.25) is 0 Å². The molecule has 1 N–H and O–H groups in total. The van der Waals surface area contributed by atoms with Gasteiger partial charge < -0.3 is 5.32 Å². The third-order valence-electron chi connectivity index (χ3n) is 3.00. The SMILES string of the molecule is CCCCCCCCNc1ccc(Br)c([N+](=O)[O-])c1. The van der Waals surface area contributed by atoms with Crippen LogP contribution in [0.2, 0.25) is 0 Å². The number of unbranched alkanes of at least 4 members (excludes halogenated alkanes) is 5. The van der Waals surface area contributed by atoms with Crippen LogP contribution in [-0.4, -0.2) is 11.5 Å². The molecule has 0 saturated heterocycles. The van der Waals surface area contributed by atoms with Crippen LogP contribution in [0.4, 0.5) is 11.4 Å². The first-order chi connectivity index (χ1) is 9.15. The van der Waals surface area contributed by atoms with Crippen molar-refractivity contribution in [1.29, 1.82) is 0 Å². The molecule has 0 aliphatic heterocycles. The quantitative estimate of drug-likeness (QED) is 0.388. The summed E-state index contributed by atoms with van der Waals surface area (Å²) in [6.07, 6.45) is 7.47. The van der Waals surface area contributed by atoms with Gasteiger partial charge in [0, 0.05) is 18.3 Å². The molecule has 0 saturated carbocycles. The topological polar surface area (TPSA) is 55.2 Å². The van der Waals surface area contributed by atoms with Crippen molar-refractivity contribution < 1.29 is 4.92 Å². The molecule has 0 spiro atoms. The van der Waals surface area contributed by atoms with E-state index in [0.717, 1.165) is 18.7 Å². The zero-order chi connectivity index (χ0) is 14.1. The minimum absolute atomic E-state index is 0.105. The maximum absolute atomic E-state index is 10.8. The molecule has 5 heteroatoms. The standard InChI is InChI=1S/C14H21BrN2O2/c1-2-3-4-5-6-7-10-16-12-8-9-13(15)14(11-12)17(18)19/h8-9,11,16H,2-7,10H2,1H3. The third kappa shape index (κ3) is 6.05. The summed E-state index contributed by atoms with van der Waals surface area (Å²) in [6, 6.07) is 5.14. The van der Waals surface area contributed by atoms with Gasteiger partial charge in [-0.15, -0.1) is 0 Å². The fourth-order valence-electron chi connectivity index (χ4n) is 1.90. The molecule has 0 fully saturated rings. The lowest BCUT2D eigenvalue weighted by atomic mass is 10.1. The number of hydrogen-bond donors (Lipinski definition) is 1. The van der Waals surface area contributed by atoms with Crippen molar-refractivity contribution in [3.05, 3.63) is 32.8 Å². The zero-order valence-corrected chi connectivity index (χ0v) is 12.9. The third-order valence-corrected chi connectivity index (χ3v) is 3.67. The molecule has 19 heavy (non-hydrogen) atoms. The Balaban J connectivity index is 2.30. The van der Waals surface area contributed by atoms with Gasteiger partial charge in [-0.25, -0.2) is 0 Å². The molecule has 0 heterocycles. The van der Waals surface area contributed by atoms with Gasteiger partial charge in [-0.2, -0.15) is 0 Å². The number of nitro benzene ring substituents is 1. The molecule has 0 radical (unpaired) electrons. The van der Waals surface area contributed by atoms with Crippen LogP contribution in [0.3, 0.4) is 0 Å². The summed E-state index contributed by atoms with van der Waals surface area (Å²) in [5.74, 6) is 0. The van der Waals surface area contributed by atoms with Gasteiger partial charge in [-0.05, 0) is 34.5 Å². The van der Waals surface area contributed by atoms with E-state index in [1.54, 1.807) is 12.1 Å². The second kappa shape index (κ2) is 8.91. The van der Waals surface area contributed by atoms with Gasteiger partial charge in [0.15, 0.2) is 0 Å². The maximum atomic E-state index is 10.8. The number of nitrogens with zero attached hydrogens (tertiary/aromatic N) is 1. The Labute approximate surface area is 122 Å². The number of nitro groups is 1. The van der Waals surface area contributed by atoms with Crippen molar-refractivity contribution in [2.75, 3.05) is 11.9 Å². The molecule has 1 rings (SSSR count). The van der Waals surface area contributed by atoms with Crippen molar-refractivity contribution in [2.24, 2.45) is 0 Å². The van der Waals surface area contributed by atoms with E-state index in [2.05, 4.69) is 28.2 Å². The highest BCUT2D eigenvalue weighted by atomic mass is 79.9. The van der Waals surface area contributed by atoms with E-state index in [1.807, 2.05) is 6.07 Å². The van der Waals surface area contributed by atoms with Crippen molar-refractivity contribution in [3.8, 4) is 0 Å². The van der Waals surface area contributed by atoms with Crippen LogP contribution < -0.4 is 5.32 Å². The van der Waals surface area contributed by atoms with Crippen LogP contribution >= 0.6 is 15.9 Å². The van der Waals surface area contributed by atoms with Gasteiger partial charge in [0.25, 0.3) is 5.69 Å². The van der Waals surface area contributed by atoms with Gasteiger partial charge in [0.1, 0.15) is 0 Å². The molecule has 0 amide bonds. The molecular formula is C14H21BrN2O2. The summed E-state index contributed by atoms with van der Waals surface area (Å²) in [5.41, 5.74) is 0.913. The van der Waals surface area contributed by atoms with Crippen LogP contribution in [-0.2, 0) is 0 Å². The fourth-order valence-corrected chi connectivity index (χ4v) is 2.29. The lowest BCUT2D eigenvalue weighted by Gasteiger charge is -2.06. The average Bonchev–Trinajstić information content (AvgIpc) is 2.39. The van der Waals surface area contributed by atoms with E-state index in [9.17, 15) is 10.1 Å². The highest BCUT2D eigenvalue weighted by molar-refractivity contribution is 9.10. The lowest BCUT2D eigenvalue weighted by Crippen LogP contribution is -2.02. The van der Waals surface area contributed by atoms with Gasteiger partial charge in [0.05, 0.1) is 9.40 Å². The Morgan fingerprint density at radius 1 is 1.21 bits per heavy atom. The maximum Gasteiger partial charge on any atom is 0.285 e. The molecule has 0 unspecified atom stereocenters. The molecule has 1 aromatic carbocycles. The number of nitrogens with one attached hydrogen (secondary N) is 1. The molecule has 106 valence electrons. The Hall–Kier alpha value is -1.10. The first-order valence-corrected chi connectivity index (χ1v) is 7.62. The van der Waals surface area contributed by atoms with Crippen LogP contribution in [0.25, 0.3) is 0 Å². The number of anilines is 1. The molecule has 0 atom stereocenters. The van der Waals surface area contributed by atoms with E-state index in [-0.39, 0.29) is 10.6 Å². The smallest absolute Gasteiger partial charge is 0.285 e. The monoisotopic (exact) mass is 328 g/mol. The van der Waals surface area contributed by atoms with Crippen LogP contribution in [0.5, 0.6) is 0 Å². The van der Waals surface area contributed by atoms with Crippen molar-refractivity contribution in [1.82, 2.24) is 0 Å². The first kappa shape index (κ1) is 16.0. The summed E-state index contributed by atoms with van der Waals surface area (Å²) in [5, 5.41) is 14.0. The second-order valence-electron chi connectivity index (χ2n) is 4.62. The Kier molecular flexibility index (Phi) is 7.48. The van der Waals surface area contributed by atoms with E-state index in [4.69, 9.17) is 0 Å². The highest BCUT2D eigenvalue weighted by Gasteiger charge is 2.11. The van der Waals surface area contributed by atoms with Crippen LogP contribution in [0, 0.1) is 10.1 Å². The molecule has 0 aromatic heterocycles. The van der Waals surface area contributed by atoms with Crippen molar-refractivity contribution in [3.63, 3.8) is 0 Å². The van der Waals surface area contributed by atoms with E-state index < -0.39 is 0 Å². The van der Waals surface area contributed by atoms with E-state index in [1.165, 1.54) is 32.1 Å². The summed E-state index contributed by atoms with van der Waals surface area (Å²) >= 11 is 3.18. The summed E-state index contributed by atoms with van der Waals surface area (Å²) in [6.45, 7) is 3.08. The summed E-state index contributed by atoms with van der Waals surface area (Å²) < 4.78 is 0.516. The van der Waals surface area contributed by atoms with Crippen LogP contribution in [0.1, 0.15) is 45.4 Å². The van der Waals surface area contributed by atoms with Crippen LogP contribution in [0.15, 0.2) is 22.7 Å². The lowest BCUT2D eigenvalue weighted by molar-refractivity contribution is -0.385. The molecule has 0 bridgehead atoms. The van der Waals surface area contributed by atoms with Crippen molar-refractivity contribution in [2.45, 2.75) is 45.4 Å². The minimum atomic E-state index is -0.375. The Morgan fingerprint density at radius 3 is 2.58 bits per heavy atom. The molecular weight excluding hydrogens is 308 g/mol. The van der Waals surface area contributed by atoms with Gasteiger partial charge >= 0.3 is 0 Å². The highest BCUT2D eigenvalue weighted by Crippen LogP contribution is 2.27. The normalized spacial score (nSPS) is 10.4. The number of halogens is 1. The Bertz CT molecular complexity index is 410. The van der Waals surface area contributed by atoms with E-state index >= 15 is 0 Å². The number of benzene rings is 1. The summed E-state index contributed by atoms with van der Waals surface area (Å²) in [7, 11) is 0. The first-order valence-electron chi connectivity index (χ1n) is 6.83. The fraction of sp³-hybridized carbons (Fsp3) is 0.571. The largest absolute Gasteiger partial charge is 0.385 e. The molecule has 1 aromatic rings. The summed E-state index contributed by atoms with van der Waals surface area (Å²) in [4.78, 5) is 10.4. The molecule has 0 aliphatic rings. The average molecular weight is 329 g/mol. The number of rotatable bonds is 9. The van der Waals surface area contributed by atoms with Crippen molar-refractivity contribution >= 4 is 27.3 Å². The predicted octanol–water partition coefficient (Wildman–Crippen LogP) is 5.13.